The zero-order valence-electron chi connectivity index (χ0n) is 22.6. The molecule has 0 atom stereocenters. The Bertz CT molecular complexity index is 1310. The lowest BCUT2D eigenvalue weighted by molar-refractivity contribution is 0.411. The van der Waals surface area contributed by atoms with Gasteiger partial charge in [-0.25, -0.2) is 0 Å². The van der Waals surface area contributed by atoms with Gasteiger partial charge in [0.25, 0.3) is 0 Å². The first kappa shape index (κ1) is 27.0. The molecule has 1 saturated heterocycles. The highest BCUT2D eigenvalue weighted by Gasteiger charge is 2.52. The van der Waals surface area contributed by atoms with Gasteiger partial charge in [0.1, 0.15) is 16.1 Å². The summed E-state index contributed by atoms with van der Waals surface area (Å²) in [5.41, 5.74) is 3.58. The summed E-state index contributed by atoms with van der Waals surface area (Å²) in [6.45, 7) is 6.92. The van der Waals surface area contributed by atoms with Crippen LogP contribution in [0.25, 0.3) is 11.1 Å². The fourth-order valence-corrected chi connectivity index (χ4v) is 12.1. The maximum absolute atomic E-state index is 7.34. The summed E-state index contributed by atoms with van der Waals surface area (Å²) < 4.78 is 14.6. The molecule has 5 heteroatoms. The number of hydrogen-bond donors (Lipinski definition) is 0. The van der Waals surface area contributed by atoms with E-state index in [9.17, 15) is 0 Å². The number of benzene rings is 4. The van der Waals surface area contributed by atoms with Gasteiger partial charge in [0.05, 0.1) is 7.11 Å². The molecule has 4 aromatic carbocycles. The van der Waals surface area contributed by atoms with Gasteiger partial charge in [-0.3, -0.25) is 0 Å². The second-order valence-electron chi connectivity index (χ2n) is 10.6. The predicted octanol–water partition coefficient (Wildman–Crippen LogP) is 8.01. The molecule has 0 N–H and O–H groups in total. The van der Waals surface area contributed by atoms with Crippen molar-refractivity contribution in [2.45, 2.75) is 32.2 Å². The van der Waals surface area contributed by atoms with Crippen molar-refractivity contribution in [2.24, 2.45) is 0 Å². The zero-order chi connectivity index (χ0) is 26.6. The molecule has 1 radical (unpaired) electrons. The molecule has 0 saturated carbocycles. The Morgan fingerprint density at radius 3 is 1.79 bits per heavy atom. The van der Waals surface area contributed by atoms with Crippen LogP contribution < -0.4 is 19.5 Å². The van der Waals surface area contributed by atoms with Crippen LogP contribution in [0.2, 0.25) is 5.04 Å². The fourth-order valence-electron chi connectivity index (χ4n) is 5.16. The molecule has 1 aliphatic heterocycles. The van der Waals surface area contributed by atoms with Crippen molar-refractivity contribution in [3.8, 4) is 22.6 Å². The standard InChI is InChI=1S/C33H35O2S2Si/c1-33(2,3)38(30-15-7-5-8-16-30,31-17-9-6-10-18-31)35-29-23-27(22-28(24-29)34-4)25-13-11-14-26(21-25)32-36-19-12-20-37-32/h5-11,13-18,21-24H,12,19-20H2,1-4H3. The summed E-state index contributed by atoms with van der Waals surface area (Å²) in [7, 11) is -1.02. The van der Waals surface area contributed by atoms with Crippen LogP contribution in [0, 0.1) is 4.58 Å². The van der Waals surface area contributed by atoms with Gasteiger partial charge in [-0.15, -0.1) is 23.5 Å². The summed E-state index contributed by atoms with van der Waals surface area (Å²) in [6, 6.07) is 36.8. The van der Waals surface area contributed by atoms with E-state index in [1.807, 2.05) is 29.6 Å². The summed E-state index contributed by atoms with van der Waals surface area (Å²) in [4.78, 5) is 0. The zero-order valence-corrected chi connectivity index (χ0v) is 25.2. The average molecular weight is 556 g/mol. The van der Waals surface area contributed by atoms with Gasteiger partial charge in [-0.05, 0) is 68.2 Å². The number of ether oxygens (including phenoxy) is 1. The molecule has 0 amide bonds. The smallest absolute Gasteiger partial charge is 0.319 e. The van der Waals surface area contributed by atoms with E-state index in [4.69, 9.17) is 9.16 Å². The Kier molecular flexibility index (Phi) is 8.27. The molecule has 2 nitrogen and oxygen atoms in total. The van der Waals surface area contributed by atoms with E-state index < -0.39 is 8.32 Å². The molecule has 0 bridgehead atoms. The predicted molar refractivity (Wildman–Crippen MR) is 169 cm³/mol. The first-order chi connectivity index (χ1) is 18.4. The lowest BCUT2D eigenvalue weighted by Gasteiger charge is -2.43. The van der Waals surface area contributed by atoms with E-state index in [0.717, 1.165) is 17.1 Å². The molecule has 0 aliphatic carbocycles. The van der Waals surface area contributed by atoms with Gasteiger partial charge in [-0.1, -0.05) is 99.6 Å². The van der Waals surface area contributed by atoms with Gasteiger partial charge >= 0.3 is 8.32 Å². The Balaban J connectivity index is 1.62. The lowest BCUT2D eigenvalue weighted by Crippen LogP contribution is -2.68. The minimum Gasteiger partial charge on any atom is -0.534 e. The third-order valence-electron chi connectivity index (χ3n) is 6.99. The summed E-state index contributed by atoms with van der Waals surface area (Å²) >= 11 is 3.95. The van der Waals surface area contributed by atoms with E-state index in [-0.39, 0.29) is 5.04 Å². The molecule has 1 aliphatic rings. The summed E-state index contributed by atoms with van der Waals surface area (Å²) in [5.74, 6) is 4.03. The molecule has 4 aromatic rings. The number of hydrogen-bond acceptors (Lipinski definition) is 4. The number of thioether (sulfide) groups is 2. The Morgan fingerprint density at radius 1 is 0.632 bits per heavy atom. The molecular formula is C33H35O2S2Si. The molecule has 0 unspecified atom stereocenters. The highest BCUT2D eigenvalue weighted by atomic mass is 32.2. The maximum atomic E-state index is 7.34. The second kappa shape index (κ2) is 11.6. The van der Waals surface area contributed by atoms with Crippen molar-refractivity contribution in [3.63, 3.8) is 0 Å². The van der Waals surface area contributed by atoms with Gasteiger partial charge in [0.15, 0.2) is 0 Å². The van der Waals surface area contributed by atoms with E-state index in [1.54, 1.807) is 7.11 Å². The van der Waals surface area contributed by atoms with E-state index in [2.05, 4.69) is 118 Å². The van der Waals surface area contributed by atoms with Crippen molar-refractivity contribution in [1.82, 2.24) is 0 Å². The largest absolute Gasteiger partial charge is 0.534 e. The fraction of sp³-hybridized carbons (Fsp3) is 0.242. The van der Waals surface area contributed by atoms with Crippen LogP contribution >= 0.6 is 23.5 Å². The van der Waals surface area contributed by atoms with Gasteiger partial charge in [-0.2, -0.15) is 0 Å². The van der Waals surface area contributed by atoms with Crippen LogP contribution in [0.15, 0.2) is 103 Å². The second-order valence-corrected chi connectivity index (χ2v) is 17.3. The van der Waals surface area contributed by atoms with Crippen LogP contribution in [0.4, 0.5) is 0 Å². The average Bonchev–Trinajstić information content (AvgIpc) is 2.96. The maximum Gasteiger partial charge on any atom is 0.319 e. The first-order valence-electron chi connectivity index (χ1n) is 13.1. The van der Waals surface area contributed by atoms with Crippen molar-refractivity contribution < 1.29 is 9.16 Å². The highest BCUT2D eigenvalue weighted by Crippen LogP contribution is 2.44. The topological polar surface area (TPSA) is 18.5 Å². The van der Waals surface area contributed by atoms with Gasteiger partial charge < -0.3 is 9.16 Å². The molecule has 1 heterocycles. The van der Waals surface area contributed by atoms with Crippen LogP contribution in [0.3, 0.4) is 0 Å². The number of rotatable bonds is 7. The SMILES string of the molecule is COc1cc(O[Si](c2ccccc2)(c2ccccc2)C(C)(C)C)cc(-c2cccc([C]3SCCCS3)c2)c1. The molecule has 5 rings (SSSR count). The van der Waals surface area contributed by atoms with E-state index >= 15 is 0 Å². The summed E-state index contributed by atoms with van der Waals surface area (Å²) in [6.07, 6.45) is 1.28. The van der Waals surface area contributed by atoms with Crippen LogP contribution in [-0.4, -0.2) is 26.9 Å². The number of methoxy groups -OCH3 is 1. The van der Waals surface area contributed by atoms with Crippen LogP contribution in [0.1, 0.15) is 32.8 Å². The Hall–Kier alpha value is -2.60. The van der Waals surface area contributed by atoms with Crippen LogP contribution in [0.5, 0.6) is 11.5 Å². The third kappa shape index (κ3) is 5.56. The third-order valence-corrected chi connectivity index (χ3v) is 14.6. The molecule has 0 spiro atoms. The normalized spacial score (nSPS) is 14.7. The minimum absolute atomic E-state index is 0.120. The quantitative estimate of drug-likeness (QED) is 0.215. The Labute approximate surface area is 237 Å². The molecular weight excluding hydrogens is 521 g/mol. The lowest BCUT2D eigenvalue weighted by atomic mass is 10.0. The van der Waals surface area contributed by atoms with E-state index in [1.165, 1.54) is 44.0 Å². The van der Waals surface area contributed by atoms with Gasteiger partial charge in [0, 0.05) is 6.07 Å². The van der Waals surface area contributed by atoms with Crippen molar-refractivity contribution in [1.29, 1.82) is 0 Å². The van der Waals surface area contributed by atoms with Crippen molar-refractivity contribution in [2.75, 3.05) is 18.6 Å². The highest BCUT2D eigenvalue weighted by molar-refractivity contribution is 8.21. The van der Waals surface area contributed by atoms with Gasteiger partial charge in [0.2, 0.25) is 0 Å². The molecule has 1 fully saturated rings. The molecule has 0 aromatic heterocycles. The summed E-state index contributed by atoms with van der Waals surface area (Å²) in [5, 5.41) is 2.39. The minimum atomic E-state index is -2.75. The first-order valence-corrected chi connectivity index (χ1v) is 17.0. The van der Waals surface area contributed by atoms with Crippen molar-refractivity contribution in [3.05, 3.63) is 113 Å². The van der Waals surface area contributed by atoms with Crippen LogP contribution in [-0.2, 0) is 0 Å². The molecule has 195 valence electrons. The monoisotopic (exact) mass is 555 g/mol. The Morgan fingerprint density at radius 2 is 1.21 bits per heavy atom. The van der Waals surface area contributed by atoms with E-state index in [0.29, 0.717) is 0 Å². The van der Waals surface area contributed by atoms with Crippen molar-refractivity contribution >= 4 is 42.2 Å². The molecule has 38 heavy (non-hydrogen) atoms.